The molecule has 2 atom stereocenters. The molecule has 3 N–H and O–H groups in total. The number of hydrogen-bond acceptors (Lipinski definition) is 10. The second-order valence-electron chi connectivity index (χ2n) is 15.2. The zero-order valence-corrected chi connectivity index (χ0v) is 33.8. The van der Waals surface area contributed by atoms with Crippen molar-refractivity contribution < 1.29 is 42.2 Å². The maximum absolute atomic E-state index is 13.9. The van der Waals surface area contributed by atoms with Gasteiger partial charge in [-0.3, -0.25) is 19.8 Å². The number of aliphatic hydroxyl groups excluding tert-OH is 1. The number of anilines is 2. The Morgan fingerprint density at radius 2 is 1.71 bits per heavy atom. The number of ether oxygens (including phenoxy) is 1. The van der Waals surface area contributed by atoms with Crippen molar-refractivity contribution in [1.29, 1.82) is 5.41 Å². The third kappa shape index (κ3) is 10.1. The van der Waals surface area contributed by atoms with Gasteiger partial charge in [0.2, 0.25) is 5.91 Å². The Morgan fingerprint density at radius 1 is 1.03 bits per heavy atom. The van der Waals surface area contributed by atoms with Gasteiger partial charge in [0.15, 0.2) is 5.82 Å². The van der Waals surface area contributed by atoms with E-state index in [0.29, 0.717) is 38.0 Å². The molecule has 58 heavy (non-hydrogen) atoms. The number of pyridine rings is 1. The Kier molecular flexibility index (Phi) is 13.2. The van der Waals surface area contributed by atoms with Gasteiger partial charge in [0, 0.05) is 82.4 Å². The highest BCUT2D eigenvalue weighted by molar-refractivity contribution is 6.34. The lowest BCUT2D eigenvalue weighted by Crippen LogP contribution is -2.54. The standard InChI is InChI=1S/C39H47ClF3N9O6/c1-23-17-25(11-12-52(23)37(57)58-38(2,3)4)35(55)50-13-15-51(16-14-50)36(56)27-9-8-26(18-29(27)40)47-34(54)33-46-20-30(49(33)6)28(32(44)39(41,42)43)21-48(5)31-10-7-24(22-53)19-45-31/h7-10,18-21,23,25,44,53H,11-17,22H2,1-6H3,(H,47,54)/b28-21-,44-32?/t23-,25?/m0/s1. The maximum atomic E-state index is 13.9. The lowest BCUT2D eigenvalue weighted by molar-refractivity contribution is -0.139. The normalized spacial score (nSPS) is 17.8. The van der Waals surface area contributed by atoms with Crippen LogP contribution in [0.1, 0.15) is 72.8 Å². The molecule has 4 amide bonds. The number of imidazole rings is 1. The number of amides is 4. The number of allylic oxidation sites excluding steroid dienone is 1. The van der Waals surface area contributed by atoms with Crippen LogP contribution in [0.15, 0.2) is 48.9 Å². The first-order chi connectivity index (χ1) is 27.2. The smallest absolute Gasteiger partial charge is 0.433 e. The number of alkyl halides is 3. The molecule has 2 fully saturated rings. The highest BCUT2D eigenvalue weighted by atomic mass is 35.5. The molecule has 19 heteroatoms. The number of aliphatic hydroxyl groups is 1. The van der Waals surface area contributed by atoms with Gasteiger partial charge in [-0.15, -0.1) is 0 Å². The van der Waals surface area contributed by atoms with Crippen LogP contribution < -0.4 is 10.2 Å². The molecule has 0 spiro atoms. The van der Waals surface area contributed by atoms with Crippen molar-refractivity contribution >= 4 is 58.2 Å². The van der Waals surface area contributed by atoms with E-state index in [1.165, 1.54) is 49.5 Å². The maximum Gasteiger partial charge on any atom is 0.433 e. The number of halogens is 4. The Morgan fingerprint density at radius 3 is 2.28 bits per heavy atom. The molecule has 0 bridgehead atoms. The van der Waals surface area contributed by atoms with E-state index in [-0.39, 0.29) is 77.1 Å². The number of aromatic nitrogens is 3. The van der Waals surface area contributed by atoms with Crippen molar-refractivity contribution in [3.05, 3.63) is 76.6 Å². The summed E-state index contributed by atoms with van der Waals surface area (Å²) in [5, 5.41) is 19.9. The number of carbonyl (C=O) groups excluding carboxylic acids is 4. The highest BCUT2D eigenvalue weighted by Gasteiger charge is 2.39. The zero-order chi connectivity index (χ0) is 42.7. The van der Waals surface area contributed by atoms with Crippen molar-refractivity contribution in [2.75, 3.05) is 50.0 Å². The predicted octanol–water partition coefficient (Wildman–Crippen LogP) is 5.59. The first-order valence-electron chi connectivity index (χ1n) is 18.6. The molecule has 0 radical (unpaired) electrons. The van der Waals surface area contributed by atoms with Crippen LogP contribution >= 0.6 is 11.6 Å². The molecule has 2 saturated heterocycles. The minimum Gasteiger partial charge on any atom is -0.444 e. The molecular formula is C39H47ClF3N9O6. The number of likely N-dealkylation sites (tertiary alicyclic amines) is 1. The van der Waals surface area contributed by atoms with Crippen LogP contribution in [0, 0.1) is 11.3 Å². The Labute approximate surface area is 338 Å². The fraction of sp³-hybridized carbons (Fsp3) is 0.462. The lowest BCUT2D eigenvalue weighted by atomic mass is 9.90. The average molecular weight is 830 g/mol. The van der Waals surface area contributed by atoms with Crippen molar-refractivity contribution in [1.82, 2.24) is 29.2 Å². The van der Waals surface area contributed by atoms with Gasteiger partial charge in [-0.05, 0) is 70.4 Å². The molecular weight excluding hydrogens is 783 g/mol. The minimum absolute atomic E-state index is 0.0126. The molecule has 2 aliphatic heterocycles. The third-order valence-corrected chi connectivity index (χ3v) is 10.2. The van der Waals surface area contributed by atoms with Gasteiger partial charge in [-0.25, -0.2) is 14.8 Å². The first-order valence-corrected chi connectivity index (χ1v) is 18.9. The molecule has 2 aromatic heterocycles. The van der Waals surface area contributed by atoms with Crippen LogP contribution in [0.25, 0.3) is 5.57 Å². The molecule has 0 saturated carbocycles. The number of nitrogens with zero attached hydrogens (tertiary/aromatic N) is 7. The van der Waals surface area contributed by atoms with Gasteiger partial charge >= 0.3 is 12.3 Å². The van der Waals surface area contributed by atoms with E-state index in [0.717, 1.165) is 17.0 Å². The van der Waals surface area contributed by atoms with E-state index in [1.807, 2.05) is 6.92 Å². The number of rotatable bonds is 9. The Balaban J connectivity index is 1.20. The number of benzene rings is 1. The summed E-state index contributed by atoms with van der Waals surface area (Å²) >= 11 is 6.53. The third-order valence-electron chi connectivity index (χ3n) is 9.89. The topological polar surface area (TPSA) is 177 Å². The second-order valence-corrected chi connectivity index (χ2v) is 15.7. The van der Waals surface area contributed by atoms with Crippen LogP contribution in [0.5, 0.6) is 0 Å². The molecule has 2 aliphatic rings. The predicted molar refractivity (Wildman–Crippen MR) is 211 cm³/mol. The van der Waals surface area contributed by atoms with E-state index in [9.17, 15) is 37.5 Å². The van der Waals surface area contributed by atoms with Gasteiger partial charge in [-0.2, -0.15) is 13.2 Å². The fourth-order valence-electron chi connectivity index (χ4n) is 6.76. The summed E-state index contributed by atoms with van der Waals surface area (Å²) in [5.41, 5.74) is -2.19. The summed E-state index contributed by atoms with van der Waals surface area (Å²) in [5.74, 6) is -1.45. The van der Waals surface area contributed by atoms with Gasteiger partial charge in [0.05, 0.1) is 29.1 Å². The lowest BCUT2D eigenvalue weighted by Gasteiger charge is -2.41. The van der Waals surface area contributed by atoms with Crippen LogP contribution in [0.2, 0.25) is 5.02 Å². The monoisotopic (exact) mass is 829 g/mol. The molecule has 0 aliphatic carbocycles. The summed E-state index contributed by atoms with van der Waals surface area (Å²) in [7, 11) is 2.78. The van der Waals surface area contributed by atoms with E-state index in [2.05, 4.69) is 15.3 Å². The van der Waals surface area contributed by atoms with E-state index < -0.39 is 35.1 Å². The Hall–Kier alpha value is -5.49. The number of hydrogen-bond donors (Lipinski definition) is 3. The van der Waals surface area contributed by atoms with Gasteiger partial charge in [0.25, 0.3) is 11.8 Å². The van der Waals surface area contributed by atoms with Crippen LogP contribution in [-0.4, -0.2) is 121 Å². The van der Waals surface area contributed by atoms with Crippen molar-refractivity contribution in [2.45, 2.75) is 65.0 Å². The minimum atomic E-state index is -5.03. The van der Waals surface area contributed by atoms with Crippen LogP contribution in [0.3, 0.4) is 0 Å². The number of nitrogens with one attached hydrogen (secondary N) is 2. The van der Waals surface area contributed by atoms with Crippen molar-refractivity contribution in [2.24, 2.45) is 13.0 Å². The number of piperidine rings is 1. The van der Waals surface area contributed by atoms with Gasteiger partial charge in [-0.1, -0.05) is 17.7 Å². The SMILES string of the molecule is C[C@H]1CC(C(=O)N2CCN(C(=O)c3ccc(NC(=O)c4ncc(/C(=C/N(C)c5ccc(CO)cn5)C(=N)C(F)(F)F)n4C)cc3Cl)CC2)CCN1C(=O)OC(C)(C)C. The largest absolute Gasteiger partial charge is 0.444 e. The molecule has 3 aromatic rings. The van der Waals surface area contributed by atoms with Crippen molar-refractivity contribution in [3.63, 3.8) is 0 Å². The molecule has 15 nitrogen and oxygen atoms in total. The first kappa shape index (κ1) is 43.6. The fourth-order valence-corrected chi connectivity index (χ4v) is 7.02. The van der Waals surface area contributed by atoms with Crippen molar-refractivity contribution in [3.8, 4) is 0 Å². The second kappa shape index (κ2) is 17.6. The molecule has 312 valence electrons. The van der Waals surface area contributed by atoms with E-state index in [1.54, 1.807) is 41.5 Å². The van der Waals surface area contributed by atoms with E-state index in [4.69, 9.17) is 21.7 Å². The summed E-state index contributed by atoms with van der Waals surface area (Å²) in [6.07, 6.45) is -0.928. The molecule has 1 unspecified atom stereocenters. The van der Waals surface area contributed by atoms with E-state index >= 15 is 0 Å². The molecule has 5 rings (SSSR count). The van der Waals surface area contributed by atoms with Crippen LogP contribution in [0.4, 0.5) is 29.5 Å². The van der Waals surface area contributed by atoms with Gasteiger partial charge < -0.3 is 39.3 Å². The average Bonchev–Trinajstić information content (AvgIpc) is 3.55. The number of carbonyl (C=O) groups is 4. The Bertz CT molecular complexity index is 2080. The zero-order valence-electron chi connectivity index (χ0n) is 33.1. The number of piperazine rings is 1. The van der Waals surface area contributed by atoms with Crippen LogP contribution in [-0.2, 0) is 23.2 Å². The molecule has 4 heterocycles. The van der Waals surface area contributed by atoms with Gasteiger partial charge in [0.1, 0.15) is 17.1 Å². The molecule has 1 aromatic carbocycles. The summed E-state index contributed by atoms with van der Waals surface area (Å²) in [4.78, 5) is 67.3. The quantitative estimate of drug-likeness (QED) is 0.232. The summed E-state index contributed by atoms with van der Waals surface area (Å²) < 4.78 is 48.2. The summed E-state index contributed by atoms with van der Waals surface area (Å²) in [6, 6.07) is 7.16. The summed E-state index contributed by atoms with van der Waals surface area (Å²) in [6.45, 7) is 8.67. The highest BCUT2D eigenvalue weighted by Crippen LogP contribution is 2.30.